The first-order valence-electron chi connectivity index (χ1n) is 11.5. The van der Waals surface area contributed by atoms with Crippen LogP contribution >= 0.6 is 0 Å². The second-order valence-electron chi connectivity index (χ2n) is 8.69. The third kappa shape index (κ3) is 5.30. The van der Waals surface area contributed by atoms with E-state index in [1.54, 1.807) is 6.92 Å². The predicted molar refractivity (Wildman–Crippen MR) is 126 cm³/mol. The number of anilines is 1. The van der Waals surface area contributed by atoms with Crippen molar-refractivity contribution in [2.24, 2.45) is 0 Å². The van der Waals surface area contributed by atoms with Crippen LogP contribution in [-0.2, 0) is 11.3 Å². The number of aromatic nitrogens is 4. The summed E-state index contributed by atoms with van der Waals surface area (Å²) in [5, 5.41) is 7.18. The zero-order valence-electron chi connectivity index (χ0n) is 19.7. The van der Waals surface area contributed by atoms with E-state index in [2.05, 4.69) is 20.4 Å². The molecule has 1 aliphatic heterocycles. The van der Waals surface area contributed by atoms with E-state index in [-0.39, 0.29) is 23.7 Å². The molecular formula is C25H29FN6O2. The number of hydrogen-bond donors (Lipinski definition) is 1. The quantitative estimate of drug-likeness (QED) is 0.567. The number of halogens is 1. The van der Waals surface area contributed by atoms with E-state index < -0.39 is 0 Å². The number of hydrogen-bond acceptors (Lipinski definition) is 5. The molecule has 178 valence electrons. The molecule has 1 saturated heterocycles. The van der Waals surface area contributed by atoms with Crippen molar-refractivity contribution in [3.63, 3.8) is 0 Å². The van der Waals surface area contributed by atoms with Gasteiger partial charge in [-0.15, -0.1) is 0 Å². The molecule has 1 fully saturated rings. The Balaban J connectivity index is 1.39. The molecule has 0 bridgehead atoms. The molecule has 0 radical (unpaired) electrons. The van der Waals surface area contributed by atoms with Crippen molar-refractivity contribution in [1.82, 2.24) is 24.6 Å². The van der Waals surface area contributed by atoms with Gasteiger partial charge in [-0.1, -0.05) is 0 Å². The molecule has 1 aliphatic rings. The summed E-state index contributed by atoms with van der Waals surface area (Å²) < 4.78 is 15.0. The largest absolute Gasteiger partial charge is 0.332 e. The van der Waals surface area contributed by atoms with Crippen molar-refractivity contribution in [3.8, 4) is 0 Å². The summed E-state index contributed by atoms with van der Waals surface area (Å²) >= 11 is 0. The first kappa shape index (κ1) is 23.5. The Kier molecular flexibility index (Phi) is 7.00. The topological polar surface area (TPSA) is 93.0 Å². The van der Waals surface area contributed by atoms with Gasteiger partial charge >= 0.3 is 0 Å². The summed E-state index contributed by atoms with van der Waals surface area (Å²) in [7, 11) is 0. The van der Waals surface area contributed by atoms with Crippen LogP contribution in [0.2, 0.25) is 0 Å². The van der Waals surface area contributed by atoms with Gasteiger partial charge in [-0.05, 0) is 70.4 Å². The highest BCUT2D eigenvalue weighted by molar-refractivity contribution is 6.04. The fourth-order valence-corrected chi connectivity index (χ4v) is 4.36. The smallest absolute Gasteiger partial charge is 0.259 e. The Labute approximate surface area is 198 Å². The van der Waals surface area contributed by atoms with E-state index in [1.807, 2.05) is 29.5 Å². The summed E-state index contributed by atoms with van der Waals surface area (Å²) in [5.74, 6) is -0.0908. The Morgan fingerprint density at radius 2 is 1.94 bits per heavy atom. The maximum atomic E-state index is 13.1. The van der Waals surface area contributed by atoms with Crippen molar-refractivity contribution in [2.75, 3.05) is 11.9 Å². The molecule has 0 spiro atoms. The minimum atomic E-state index is -0.371. The lowest BCUT2D eigenvalue weighted by Crippen LogP contribution is -2.31. The van der Waals surface area contributed by atoms with E-state index in [9.17, 15) is 14.0 Å². The number of nitrogens with one attached hydrogen (secondary N) is 1. The van der Waals surface area contributed by atoms with Crippen molar-refractivity contribution in [2.45, 2.75) is 59.0 Å². The average molecular weight is 465 g/mol. The molecule has 8 nitrogen and oxygen atoms in total. The van der Waals surface area contributed by atoms with Crippen LogP contribution in [-0.4, -0.2) is 43.0 Å². The van der Waals surface area contributed by atoms with Crippen molar-refractivity contribution in [3.05, 3.63) is 70.8 Å². The van der Waals surface area contributed by atoms with Gasteiger partial charge in [-0.3, -0.25) is 14.3 Å². The number of nitrogens with zero attached hydrogens (tertiary/aromatic N) is 5. The Morgan fingerprint density at radius 1 is 1.18 bits per heavy atom. The van der Waals surface area contributed by atoms with Crippen LogP contribution in [0, 0.1) is 26.6 Å². The maximum Gasteiger partial charge on any atom is 0.259 e. The molecular weight excluding hydrogens is 435 g/mol. The van der Waals surface area contributed by atoms with Gasteiger partial charge in [0.1, 0.15) is 5.82 Å². The molecule has 9 heteroatoms. The first-order valence-corrected chi connectivity index (χ1v) is 11.5. The molecule has 34 heavy (non-hydrogen) atoms. The number of benzene rings is 1. The van der Waals surface area contributed by atoms with Crippen molar-refractivity contribution >= 4 is 17.5 Å². The predicted octanol–water partition coefficient (Wildman–Crippen LogP) is 4.13. The minimum Gasteiger partial charge on any atom is -0.332 e. The monoisotopic (exact) mass is 464 g/mol. The lowest BCUT2D eigenvalue weighted by molar-refractivity contribution is -0.132. The average Bonchev–Trinajstić information content (AvgIpc) is 3.41. The molecule has 3 heterocycles. The molecule has 1 atom stereocenters. The van der Waals surface area contributed by atoms with E-state index in [1.165, 1.54) is 30.5 Å². The first-order chi connectivity index (χ1) is 16.3. The number of rotatable bonds is 7. The standard InChI is InChI=1S/C25H29FN6O2/c1-16-14-17(2)32(30-16)13-5-7-23(33)31-12-4-6-22(31)24-27-15-21(18(3)28-24)25(34)29-20-10-8-19(26)9-11-20/h8-11,14-15,22H,4-7,12-13H2,1-3H3,(H,29,34). The van der Waals surface area contributed by atoms with Crippen LogP contribution in [0.3, 0.4) is 0 Å². The molecule has 1 N–H and O–H groups in total. The SMILES string of the molecule is Cc1cc(C)n(CCCC(=O)N2CCCC2c2ncc(C(=O)Nc3ccc(F)cc3)c(C)n2)n1. The zero-order chi connectivity index (χ0) is 24.2. The normalized spacial score (nSPS) is 15.5. The van der Waals surface area contributed by atoms with E-state index in [4.69, 9.17) is 0 Å². The summed E-state index contributed by atoms with van der Waals surface area (Å²) in [6, 6.07) is 7.40. The third-order valence-electron chi connectivity index (χ3n) is 6.08. The van der Waals surface area contributed by atoms with Crippen LogP contribution in [0.4, 0.5) is 10.1 Å². The molecule has 4 rings (SSSR count). The zero-order valence-corrected chi connectivity index (χ0v) is 19.7. The van der Waals surface area contributed by atoms with Crippen LogP contribution in [0.5, 0.6) is 0 Å². The molecule has 0 aliphatic carbocycles. The molecule has 1 unspecified atom stereocenters. The van der Waals surface area contributed by atoms with E-state index in [0.717, 1.165) is 24.2 Å². The lowest BCUT2D eigenvalue weighted by Gasteiger charge is -2.24. The molecule has 2 aromatic heterocycles. The summed E-state index contributed by atoms with van der Waals surface area (Å²) in [6.45, 7) is 7.11. The fourth-order valence-electron chi connectivity index (χ4n) is 4.36. The van der Waals surface area contributed by atoms with E-state index >= 15 is 0 Å². The Morgan fingerprint density at radius 3 is 2.62 bits per heavy atom. The van der Waals surface area contributed by atoms with Gasteiger partial charge in [0.2, 0.25) is 5.91 Å². The second kappa shape index (κ2) is 10.1. The van der Waals surface area contributed by atoms with E-state index in [0.29, 0.717) is 48.7 Å². The Bertz CT molecular complexity index is 1190. The van der Waals surface area contributed by atoms with Crippen LogP contribution in [0.25, 0.3) is 0 Å². The summed E-state index contributed by atoms with van der Waals surface area (Å²) in [6.07, 6.45) is 4.34. The van der Waals surface area contributed by atoms with Crippen LogP contribution < -0.4 is 5.32 Å². The summed E-state index contributed by atoms with van der Waals surface area (Å²) in [4.78, 5) is 36.4. The van der Waals surface area contributed by atoms with Gasteiger partial charge in [0.25, 0.3) is 5.91 Å². The van der Waals surface area contributed by atoms with Gasteiger partial charge in [0.05, 0.1) is 23.0 Å². The van der Waals surface area contributed by atoms with Crippen LogP contribution in [0.15, 0.2) is 36.5 Å². The third-order valence-corrected chi connectivity index (χ3v) is 6.08. The number of amides is 2. The number of carbonyl (C=O) groups is 2. The summed E-state index contributed by atoms with van der Waals surface area (Å²) in [5.41, 5.74) is 3.44. The molecule has 1 aromatic carbocycles. The number of aryl methyl sites for hydroxylation is 4. The highest BCUT2D eigenvalue weighted by Gasteiger charge is 2.32. The van der Waals surface area contributed by atoms with Gasteiger partial charge in [-0.2, -0.15) is 5.10 Å². The number of likely N-dealkylation sites (tertiary alicyclic amines) is 1. The number of carbonyl (C=O) groups excluding carboxylic acids is 2. The lowest BCUT2D eigenvalue weighted by atomic mass is 10.1. The molecule has 3 aromatic rings. The van der Waals surface area contributed by atoms with Gasteiger partial charge in [-0.25, -0.2) is 14.4 Å². The second-order valence-corrected chi connectivity index (χ2v) is 8.69. The van der Waals surface area contributed by atoms with Crippen molar-refractivity contribution in [1.29, 1.82) is 0 Å². The van der Waals surface area contributed by atoms with Gasteiger partial charge in [0, 0.05) is 37.1 Å². The molecule has 2 amide bonds. The maximum absolute atomic E-state index is 13.1. The highest BCUT2D eigenvalue weighted by atomic mass is 19.1. The highest BCUT2D eigenvalue weighted by Crippen LogP contribution is 2.31. The fraction of sp³-hybridized carbons (Fsp3) is 0.400. The van der Waals surface area contributed by atoms with Crippen molar-refractivity contribution < 1.29 is 14.0 Å². The van der Waals surface area contributed by atoms with Gasteiger partial charge < -0.3 is 10.2 Å². The van der Waals surface area contributed by atoms with Crippen LogP contribution in [0.1, 0.15) is 65.0 Å². The van der Waals surface area contributed by atoms with Gasteiger partial charge in [0.15, 0.2) is 5.82 Å². The Hall–Kier alpha value is -3.62. The minimum absolute atomic E-state index is 0.0865. The molecule has 0 saturated carbocycles.